The average molecular weight is 551 g/mol. The summed E-state index contributed by atoms with van der Waals surface area (Å²) < 4.78 is 56.5. The van der Waals surface area contributed by atoms with Crippen molar-refractivity contribution in [2.75, 3.05) is 13.2 Å². The lowest BCUT2D eigenvalue weighted by molar-refractivity contribution is -0.207. The van der Waals surface area contributed by atoms with Crippen molar-refractivity contribution in [3.63, 3.8) is 0 Å². The fraction of sp³-hybridized carbons (Fsp3) is 0.429. The molecule has 5 heteroatoms. The highest BCUT2D eigenvalue weighted by atomic mass is 19.2. The minimum atomic E-state index is -0.817. The number of unbranched alkanes of at least 4 members (excludes halogenated alkanes) is 5. The van der Waals surface area contributed by atoms with Gasteiger partial charge in [0.15, 0.2) is 17.9 Å². The summed E-state index contributed by atoms with van der Waals surface area (Å²) in [7, 11) is 0. The molecule has 0 amide bonds. The van der Waals surface area contributed by atoms with Gasteiger partial charge in [-0.2, -0.15) is 0 Å². The highest BCUT2D eigenvalue weighted by molar-refractivity contribution is 5.71. The van der Waals surface area contributed by atoms with Crippen LogP contribution in [0.2, 0.25) is 0 Å². The van der Waals surface area contributed by atoms with Crippen molar-refractivity contribution >= 4 is 0 Å². The molecule has 0 saturated carbocycles. The van der Waals surface area contributed by atoms with Crippen molar-refractivity contribution in [1.29, 1.82) is 0 Å². The molecule has 2 nitrogen and oxygen atoms in total. The zero-order valence-electron chi connectivity index (χ0n) is 23.7. The van der Waals surface area contributed by atoms with Crippen molar-refractivity contribution in [1.82, 2.24) is 0 Å². The minimum absolute atomic E-state index is 0.230. The Morgan fingerprint density at radius 1 is 0.775 bits per heavy atom. The Hall–Kier alpha value is -2.89. The van der Waals surface area contributed by atoms with Crippen LogP contribution in [0.1, 0.15) is 82.6 Å². The third kappa shape index (κ3) is 7.86. The number of ether oxygens (including phenoxy) is 2. The first kappa shape index (κ1) is 30.1. The molecule has 3 aromatic carbocycles. The number of benzene rings is 3. The lowest BCUT2D eigenvalue weighted by Gasteiger charge is -2.29. The molecule has 0 unspecified atom stereocenters. The van der Waals surface area contributed by atoms with Crippen LogP contribution in [0.15, 0.2) is 66.7 Å². The van der Waals surface area contributed by atoms with Crippen LogP contribution in [0.5, 0.6) is 0 Å². The van der Waals surface area contributed by atoms with E-state index in [0.717, 1.165) is 37.7 Å². The van der Waals surface area contributed by atoms with E-state index < -0.39 is 23.7 Å². The molecule has 0 radical (unpaired) electrons. The Kier molecular flexibility index (Phi) is 11.4. The molecule has 3 aromatic rings. The fourth-order valence-corrected chi connectivity index (χ4v) is 5.23. The Bertz CT molecular complexity index is 1240. The van der Waals surface area contributed by atoms with E-state index in [2.05, 4.69) is 13.0 Å². The monoisotopic (exact) mass is 550 g/mol. The molecule has 0 atom stereocenters. The van der Waals surface area contributed by atoms with Crippen LogP contribution in [-0.2, 0) is 15.9 Å². The number of halogens is 3. The van der Waals surface area contributed by atoms with Crippen molar-refractivity contribution in [3.05, 3.63) is 95.3 Å². The summed E-state index contributed by atoms with van der Waals surface area (Å²) >= 11 is 0. The Morgan fingerprint density at radius 3 is 2.15 bits per heavy atom. The van der Waals surface area contributed by atoms with E-state index in [9.17, 15) is 8.78 Å². The molecular weight excluding hydrogens is 509 g/mol. The predicted molar refractivity (Wildman–Crippen MR) is 156 cm³/mol. The van der Waals surface area contributed by atoms with Gasteiger partial charge in [0.05, 0.1) is 13.2 Å². The molecule has 1 saturated heterocycles. The van der Waals surface area contributed by atoms with Gasteiger partial charge < -0.3 is 9.47 Å². The standard InChI is InChI=1S/C35H41F3O2/c1-3-5-7-8-9-11-13-28-18-20-30(34(38)33(28)37)27-16-14-26(15-17-27)29-19-21-31(32(36)22-29)35-39-23-25(24-40-35)12-10-6-4-2/h4,6,14-22,25,35H,3,5,7-13,23-24H2,1-2H3/b6-4+. The summed E-state index contributed by atoms with van der Waals surface area (Å²) in [5.74, 6) is -1.66. The lowest BCUT2D eigenvalue weighted by atomic mass is 9.97. The van der Waals surface area contributed by atoms with Crippen LogP contribution in [0, 0.1) is 23.4 Å². The minimum Gasteiger partial charge on any atom is -0.348 e. The third-order valence-corrected chi connectivity index (χ3v) is 7.69. The van der Waals surface area contributed by atoms with E-state index in [1.807, 2.05) is 19.1 Å². The largest absolute Gasteiger partial charge is 0.348 e. The highest BCUT2D eigenvalue weighted by Crippen LogP contribution is 2.33. The van der Waals surface area contributed by atoms with E-state index in [0.29, 0.717) is 47.8 Å². The van der Waals surface area contributed by atoms with Crippen molar-refractivity contribution < 1.29 is 22.6 Å². The Labute approximate surface area is 237 Å². The average Bonchev–Trinajstić information content (AvgIpc) is 2.98. The molecular formula is C35H41F3O2. The summed E-state index contributed by atoms with van der Waals surface area (Å²) in [4.78, 5) is 0. The second-order valence-corrected chi connectivity index (χ2v) is 10.7. The van der Waals surface area contributed by atoms with Crippen LogP contribution < -0.4 is 0 Å². The van der Waals surface area contributed by atoms with Gasteiger partial charge in [-0.3, -0.25) is 0 Å². The second kappa shape index (κ2) is 15.2. The number of aryl methyl sites for hydroxylation is 1. The van der Waals surface area contributed by atoms with Gasteiger partial charge in [0, 0.05) is 17.0 Å². The van der Waals surface area contributed by atoms with E-state index >= 15 is 4.39 Å². The first-order chi connectivity index (χ1) is 19.5. The molecule has 40 heavy (non-hydrogen) atoms. The van der Waals surface area contributed by atoms with E-state index in [4.69, 9.17) is 9.47 Å². The van der Waals surface area contributed by atoms with Crippen LogP contribution in [0.25, 0.3) is 22.3 Å². The van der Waals surface area contributed by atoms with Gasteiger partial charge in [-0.1, -0.05) is 99.7 Å². The molecule has 1 heterocycles. The summed E-state index contributed by atoms with van der Waals surface area (Å²) in [5.41, 5.74) is 3.09. The number of hydrogen-bond donors (Lipinski definition) is 0. The molecule has 0 N–H and O–H groups in total. The maximum atomic E-state index is 15.1. The summed E-state index contributed by atoms with van der Waals surface area (Å²) in [6.07, 6.45) is 12.6. The molecule has 1 aliphatic rings. The van der Waals surface area contributed by atoms with E-state index in [1.54, 1.807) is 42.5 Å². The van der Waals surface area contributed by atoms with Gasteiger partial charge in [0.25, 0.3) is 0 Å². The number of rotatable bonds is 13. The van der Waals surface area contributed by atoms with Crippen LogP contribution in [0.3, 0.4) is 0 Å². The van der Waals surface area contributed by atoms with Crippen LogP contribution in [-0.4, -0.2) is 13.2 Å². The molecule has 0 aliphatic carbocycles. The second-order valence-electron chi connectivity index (χ2n) is 10.7. The topological polar surface area (TPSA) is 18.5 Å². The summed E-state index contributed by atoms with van der Waals surface area (Å²) in [6, 6.07) is 15.4. The lowest BCUT2D eigenvalue weighted by Crippen LogP contribution is -2.27. The first-order valence-electron chi connectivity index (χ1n) is 14.7. The zero-order chi connectivity index (χ0) is 28.3. The van der Waals surface area contributed by atoms with Gasteiger partial charge in [-0.15, -0.1) is 0 Å². The predicted octanol–water partition coefficient (Wildman–Crippen LogP) is 10.4. The Balaban J connectivity index is 1.37. The van der Waals surface area contributed by atoms with Crippen LogP contribution >= 0.6 is 0 Å². The molecule has 1 fully saturated rings. The zero-order valence-corrected chi connectivity index (χ0v) is 23.7. The van der Waals surface area contributed by atoms with Crippen molar-refractivity contribution in [2.24, 2.45) is 5.92 Å². The molecule has 0 spiro atoms. The SMILES string of the molecule is C/C=C/CCC1COC(c2ccc(-c3ccc(-c4ccc(CCCCCCCC)c(F)c4F)cc3)cc2F)OC1. The third-order valence-electron chi connectivity index (χ3n) is 7.69. The molecule has 0 aromatic heterocycles. The smallest absolute Gasteiger partial charge is 0.186 e. The Morgan fingerprint density at radius 2 is 1.45 bits per heavy atom. The van der Waals surface area contributed by atoms with Crippen molar-refractivity contribution in [3.8, 4) is 22.3 Å². The van der Waals surface area contributed by atoms with Gasteiger partial charge in [-0.05, 0) is 60.9 Å². The number of hydrogen-bond acceptors (Lipinski definition) is 2. The summed E-state index contributed by atoms with van der Waals surface area (Å²) in [6.45, 7) is 5.26. The van der Waals surface area contributed by atoms with Gasteiger partial charge in [-0.25, -0.2) is 13.2 Å². The van der Waals surface area contributed by atoms with Gasteiger partial charge >= 0.3 is 0 Å². The molecule has 0 bridgehead atoms. The fourth-order valence-electron chi connectivity index (χ4n) is 5.23. The quantitative estimate of drug-likeness (QED) is 0.156. The maximum Gasteiger partial charge on any atom is 0.186 e. The molecule has 1 aliphatic heterocycles. The normalized spacial score (nSPS) is 17.5. The number of allylic oxidation sites excluding steroid dienone is 2. The van der Waals surface area contributed by atoms with E-state index in [1.165, 1.54) is 25.3 Å². The van der Waals surface area contributed by atoms with E-state index in [-0.39, 0.29) is 5.56 Å². The first-order valence-corrected chi connectivity index (χ1v) is 14.7. The maximum absolute atomic E-state index is 15.1. The van der Waals surface area contributed by atoms with Crippen LogP contribution in [0.4, 0.5) is 13.2 Å². The highest BCUT2D eigenvalue weighted by Gasteiger charge is 2.25. The molecule has 214 valence electrons. The van der Waals surface area contributed by atoms with Gasteiger partial charge in [0.2, 0.25) is 0 Å². The van der Waals surface area contributed by atoms with Crippen molar-refractivity contribution in [2.45, 2.75) is 77.9 Å². The van der Waals surface area contributed by atoms with Gasteiger partial charge in [0.1, 0.15) is 5.82 Å². The summed E-state index contributed by atoms with van der Waals surface area (Å²) in [5, 5.41) is 0. The molecule has 4 rings (SSSR count).